The Labute approximate surface area is 278 Å². The lowest BCUT2D eigenvalue weighted by Crippen LogP contribution is -2.44. The van der Waals surface area contributed by atoms with E-state index < -0.39 is 34.2 Å². The molecular formula is C33H36N6O8S. The number of hydrogen-bond acceptors (Lipinski definition) is 10. The number of benzene rings is 3. The Hall–Kier alpha value is -5.41. The topological polar surface area (TPSA) is 174 Å². The van der Waals surface area contributed by atoms with Crippen molar-refractivity contribution in [3.8, 4) is 11.5 Å². The fourth-order valence-corrected chi connectivity index (χ4v) is 6.39. The number of aliphatic imine (C=N–C) groups is 1. The van der Waals surface area contributed by atoms with Gasteiger partial charge in [-0.05, 0) is 55.8 Å². The largest absolute Gasteiger partial charge is 0.495 e. The molecule has 0 radical (unpaired) electrons. The number of carboxylic acids is 1. The number of nitrogens with zero attached hydrogens (tertiary/aromatic N) is 4. The number of para-hydroxylation sites is 1. The average Bonchev–Trinajstić information content (AvgIpc) is 3.54. The summed E-state index contributed by atoms with van der Waals surface area (Å²) in [6.45, 7) is 6.01. The van der Waals surface area contributed by atoms with E-state index in [0.29, 0.717) is 17.9 Å². The number of amides is 1. The van der Waals surface area contributed by atoms with Crippen LogP contribution in [0.15, 0.2) is 83.1 Å². The van der Waals surface area contributed by atoms with E-state index >= 15 is 0 Å². The molecule has 15 heteroatoms. The van der Waals surface area contributed by atoms with Gasteiger partial charge in [0, 0.05) is 25.4 Å². The molecule has 0 bridgehead atoms. The number of carboxylic acid groups (broad SMARTS) is 1. The van der Waals surface area contributed by atoms with Crippen LogP contribution in [0.3, 0.4) is 0 Å². The minimum absolute atomic E-state index is 0.0281. The Morgan fingerprint density at radius 1 is 1.04 bits per heavy atom. The molecular weight excluding hydrogens is 640 g/mol. The molecule has 0 spiro atoms. The van der Waals surface area contributed by atoms with Crippen LogP contribution in [0.5, 0.6) is 11.5 Å². The van der Waals surface area contributed by atoms with Crippen molar-refractivity contribution < 1.29 is 37.3 Å². The molecule has 1 amide bonds. The van der Waals surface area contributed by atoms with E-state index in [1.54, 1.807) is 30.3 Å². The molecule has 1 aliphatic heterocycles. The second-order valence-electron chi connectivity index (χ2n) is 10.9. The van der Waals surface area contributed by atoms with E-state index in [4.69, 9.17) is 14.2 Å². The molecule has 2 atom stereocenters. The molecule has 48 heavy (non-hydrogen) atoms. The summed E-state index contributed by atoms with van der Waals surface area (Å²) in [4.78, 5) is 34.1. The van der Waals surface area contributed by atoms with Crippen LogP contribution in [0.2, 0.25) is 0 Å². The highest BCUT2D eigenvalue weighted by Crippen LogP contribution is 2.35. The number of amidine groups is 1. The summed E-state index contributed by atoms with van der Waals surface area (Å²) in [6, 6.07) is 15.6. The fraction of sp³-hybridized carbons (Fsp3) is 0.273. The predicted molar refractivity (Wildman–Crippen MR) is 179 cm³/mol. The quantitative estimate of drug-likeness (QED) is 0.164. The number of sulfonamides is 1. The van der Waals surface area contributed by atoms with Gasteiger partial charge in [-0.3, -0.25) is 9.10 Å². The van der Waals surface area contributed by atoms with Crippen LogP contribution in [0.4, 0.5) is 17.1 Å². The Balaban J connectivity index is 1.39. The third-order valence-electron chi connectivity index (χ3n) is 7.60. The summed E-state index contributed by atoms with van der Waals surface area (Å²) >= 11 is 0. The molecule has 1 aliphatic rings. The van der Waals surface area contributed by atoms with Crippen LogP contribution in [0.1, 0.15) is 41.0 Å². The van der Waals surface area contributed by atoms with Crippen molar-refractivity contribution >= 4 is 44.8 Å². The molecule has 5 rings (SSSR count). The van der Waals surface area contributed by atoms with Gasteiger partial charge in [-0.15, -0.1) is 0 Å². The van der Waals surface area contributed by atoms with Crippen LogP contribution in [0.25, 0.3) is 0 Å². The van der Waals surface area contributed by atoms with E-state index in [0.717, 1.165) is 33.7 Å². The number of carbonyl (C=O) groups excluding carboxylic acids is 1. The first kappa shape index (κ1) is 33.9. The van der Waals surface area contributed by atoms with Crippen LogP contribution in [0, 0.1) is 13.8 Å². The highest BCUT2D eigenvalue weighted by atomic mass is 32.2. The molecule has 1 aromatic heterocycles. The van der Waals surface area contributed by atoms with Crippen molar-refractivity contribution in [2.75, 3.05) is 31.5 Å². The standard InChI is InChI=1S/C33H36N6O8S/c1-6-29(47-26-13-11-20(2)15-21(26)3)46-19-35-22-12-14-27(45-5)24(16-22)37-32(40)30(39-17-25(33(41)42)34-18-39)31-36-23-9-7-8-10-28(23)48(43,44)38(31)4/h7-18,29-30,35H,6,19H2,1-5H3,(H,37,40)(H,41,42). The predicted octanol–water partition coefficient (Wildman–Crippen LogP) is 4.95. The summed E-state index contributed by atoms with van der Waals surface area (Å²) in [5.41, 5.74) is 2.75. The maximum absolute atomic E-state index is 14.1. The molecule has 2 unspecified atom stereocenters. The number of anilines is 2. The number of imidazole rings is 1. The monoisotopic (exact) mass is 676 g/mol. The molecule has 252 valence electrons. The van der Waals surface area contributed by atoms with Crippen molar-refractivity contribution in [1.29, 1.82) is 0 Å². The fourth-order valence-electron chi connectivity index (χ4n) is 5.08. The highest BCUT2D eigenvalue weighted by Gasteiger charge is 2.39. The zero-order valence-corrected chi connectivity index (χ0v) is 27.8. The molecule has 0 fully saturated rings. The third kappa shape index (κ3) is 7.11. The zero-order chi connectivity index (χ0) is 34.6. The van der Waals surface area contributed by atoms with E-state index in [-0.39, 0.29) is 34.5 Å². The van der Waals surface area contributed by atoms with Crippen LogP contribution < -0.4 is 20.1 Å². The maximum Gasteiger partial charge on any atom is 0.356 e. The van der Waals surface area contributed by atoms with E-state index in [1.165, 1.54) is 30.9 Å². The number of ether oxygens (including phenoxy) is 3. The zero-order valence-electron chi connectivity index (χ0n) is 27.0. The summed E-state index contributed by atoms with van der Waals surface area (Å²) in [5.74, 6) is -1.18. The van der Waals surface area contributed by atoms with Gasteiger partial charge < -0.3 is 34.5 Å². The van der Waals surface area contributed by atoms with Gasteiger partial charge in [-0.1, -0.05) is 36.8 Å². The molecule has 3 aromatic carbocycles. The molecule has 0 aliphatic carbocycles. The van der Waals surface area contributed by atoms with E-state index in [9.17, 15) is 23.1 Å². The van der Waals surface area contributed by atoms with Crippen LogP contribution in [-0.2, 0) is 19.6 Å². The van der Waals surface area contributed by atoms with Crippen molar-refractivity contribution in [3.05, 3.63) is 90.0 Å². The minimum Gasteiger partial charge on any atom is -0.495 e. The number of aryl methyl sites for hydroxylation is 2. The summed E-state index contributed by atoms with van der Waals surface area (Å²) in [5, 5.41) is 15.4. The normalized spacial score (nSPS) is 14.7. The van der Waals surface area contributed by atoms with Gasteiger partial charge in [-0.2, -0.15) is 0 Å². The maximum atomic E-state index is 14.1. The number of fused-ring (bicyclic) bond motifs is 1. The van der Waals surface area contributed by atoms with E-state index in [2.05, 4.69) is 20.6 Å². The van der Waals surface area contributed by atoms with Crippen molar-refractivity contribution in [2.45, 2.75) is 44.4 Å². The molecule has 0 saturated carbocycles. The van der Waals surface area contributed by atoms with Gasteiger partial charge in [0.25, 0.3) is 15.9 Å². The first-order chi connectivity index (χ1) is 22.9. The lowest BCUT2D eigenvalue weighted by Gasteiger charge is -2.31. The van der Waals surface area contributed by atoms with Gasteiger partial charge in [0.05, 0.1) is 24.8 Å². The molecule has 0 saturated heterocycles. The van der Waals surface area contributed by atoms with E-state index in [1.807, 2.05) is 39.0 Å². The second kappa shape index (κ2) is 14.1. The Morgan fingerprint density at radius 3 is 2.48 bits per heavy atom. The number of hydrogen-bond donors (Lipinski definition) is 3. The van der Waals surface area contributed by atoms with Gasteiger partial charge >= 0.3 is 5.97 Å². The summed E-state index contributed by atoms with van der Waals surface area (Å²) in [7, 11) is -1.38. The molecule has 4 aromatic rings. The molecule has 14 nitrogen and oxygen atoms in total. The first-order valence-electron chi connectivity index (χ1n) is 14.9. The number of aromatic carboxylic acids is 1. The van der Waals surface area contributed by atoms with Crippen molar-refractivity contribution in [2.24, 2.45) is 4.99 Å². The smallest absolute Gasteiger partial charge is 0.356 e. The van der Waals surface area contributed by atoms with Gasteiger partial charge in [-0.25, -0.2) is 23.2 Å². The third-order valence-corrected chi connectivity index (χ3v) is 9.41. The number of aromatic nitrogens is 2. The Bertz CT molecular complexity index is 1980. The summed E-state index contributed by atoms with van der Waals surface area (Å²) in [6.07, 6.45) is 2.34. The number of rotatable bonds is 13. The lowest BCUT2D eigenvalue weighted by molar-refractivity contribution is -0.117. The van der Waals surface area contributed by atoms with Gasteiger partial charge in [0.2, 0.25) is 6.29 Å². The van der Waals surface area contributed by atoms with Crippen molar-refractivity contribution in [1.82, 2.24) is 13.9 Å². The van der Waals surface area contributed by atoms with Crippen LogP contribution in [-0.4, -0.2) is 72.3 Å². The average molecular weight is 677 g/mol. The Morgan fingerprint density at radius 2 is 1.79 bits per heavy atom. The van der Waals surface area contributed by atoms with Crippen LogP contribution >= 0.6 is 0 Å². The number of nitrogens with one attached hydrogen (secondary N) is 2. The molecule has 3 N–H and O–H groups in total. The summed E-state index contributed by atoms with van der Waals surface area (Å²) < 4.78 is 46.4. The lowest BCUT2D eigenvalue weighted by atomic mass is 10.1. The number of carbonyl (C=O) groups is 2. The van der Waals surface area contributed by atoms with Crippen molar-refractivity contribution in [3.63, 3.8) is 0 Å². The SMILES string of the molecule is CCC(OCNc1ccc(OC)c(NC(=O)C(C2=Nc3ccccc3S(=O)(=O)N2C)n2cnc(C(=O)O)c2)c1)Oc1ccc(C)cc1C. The second-order valence-corrected chi connectivity index (χ2v) is 12.9. The van der Waals surface area contributed by atoms with Gasteiger partial charge in [0.15, 0.2) is 17.6 Å². The highest BCUT2D eigenvalue weighted by molar-refractivity contribution is 7.90. The van der Waals surface area contributed by atoms with Gasteiger partial charge in [0.1, 0.15) is 23.1 Å². The number of likely N-dealkylation sites (N-methyl/N-ethyl adjacent to an activating group) is 1. The molecule has 2 heterocycles. The first-order valence-corrected chi connectivity index (χ1v) is 16.4. The Kier molecular flexibility index (Phi) is 10.0. The minimum atomic E-state index is -4.09. The number of methoxy groups -OCH3 is 1.